The van der Waals surface area contributed by atoms with Gasteiger partial charge in [0.25, 0.3) is 0 Å². The van der Waals surface area contributed by atoms with Gasteiger partial charge in [0.15, 0.2) is 0 Å². The summed E-state index contributed by atoms with van der Waals surface area (Å²) in [5, 5.41) is 1.34. The molecule has 0 heterocycles. The zero-order chi connectivity index (χ0) is 10.2. The van der Waals surface area contributed by atoms with Crippen molar-refractivity contribution in [2.24, 2.45) is 5.73 Å². The Morgan fingerprint density at radius 2 is 1.47 bits per heavy atom. The summed E-state index contributed by atoms with van der Waals surface area (Å²) in [6.45, 7) is 0. The third-order valence-corrected chi connectivity index (χ3v) is 3.37. The van der Waals surface area contributed by atoms with E-state index < -0.39 is 0 Å². The van der Waals surface area contributed by atoms with E-state index >= 15 is 0 Å². The molecule has 0 radical (unpaired) electrons. The van der Waals surface area contributed by atoms with E-state index in [0.717, 1.165) is 18.4 Å². The average molecular weight is 267 g/mol. The average Bonchev–Trinajstić information content (AvgIpc) is 2.52. The number of rotatable bonds is 1. The molecule has 1 aliphatic rings. The Hall–Kier alpha value is 0.0500. The standard InChI is InChI=1S/C11H13Cl2N.ClH/c12-9-5-8(6-10(13)7-9)11(14)3-1-2-4-11;/h5-7H,1-4,14H2;1H. The van der Waals surface area contributed by atoms with Gasteiger partial charge in [-0.15, -0.1) is 12.4 Å². The van der Waals surface area contributed by atoms with Crippen LogP contribution in [-0.2, 0) is 5.54 Å². The maximum atomic E-state index is 6.30. The van der Waals surface area contributed by atoms with E-state index in [1.54, 1.807) is 6.07 Å². The van der Waals surface area contributed by atoms with Gasteiger partial charge < -0.3 is 5.73 Å². The van der Waals surface area contributed by atoms with Crippen molar-refractivity contribution in [2.75, 3.05) is 0 Å². The lowest BCUT2D eigenvalue weighted by atomic mass is 9.89. The summed E-state index contributed by atoms with van der Waals surface area (Å²) in [6, 6.07) is 5.60. The normalized spacial score (nSPS) is 18.6. The van der Waals surface area contributed by atoms with E-state index in [-0.39, 0.29) is 17.9 Å². The predicted octanol–water partition coefficient (Wildman–Crippen LogP) is 4.14. The van der Waals surface area contributed by atoms with Crippen LogP contribution >= 0.6 is 35.6 Å². The highest BCUT2D eigenvalue weighted by Crippen LogP contribution is 2.38. The number of halogens is 3. The molecule has 0 aromatic heterocycles. The van der Waals surface area contributed by atoms with Crippen molar-refractivity contribution >= 4 is 35.6 Å². The molecule has 15 heavy (non-hydrogen) atoms. The summed E-state index contributed by atoms with van der Waals surface area (Å²) in [5.41, 5.74) is 7.18. The number of nitrogens with two attached hydrogens (primary N) is 1. The van der Waals surface area contributed by atoms with Gasteiger partial charge in [-0.1, -0.05) is 36.0 Å². The summed E-state index contributed by atoms with van der Waals surface area (Å²) in [5.74, 6) is 0. The van der Waals surface area contributed by atoms with Gasteiger partial charge in [-0.25, -0.2) is 0 Å². The summed E-state index contributed by atoms with van der Waals surface area (Å²) < 4.78 is 0. The van der Waals surface area contributed by atoms with Gasteiger partial charge in [-0.2, -0.15) is 0 Å². The lowest BCUT2D eigenvalue weighted by Crippen LogP contribution is -2.32. The van der Waals surface area contributed by atoms with Crippen LogP contribution in [0.5, 0.6) is 0 Å². The summed E-state index contributed by atoms with van der Waals surface area (Å²) >= 11 is 11.9. The number of hydrogen-bond acceptors (Lipinski definition) is 1. The maximum absolute atomic E-state index is 6.30. The zero-order valence-corrected chi connectivity index (χ0v) is 10.6. The smallest absolute Gasteiger partial charge is 0.0424 e. The minimum absolute atomic E-state index is 0. The Kier molecular flexibility index (Phi) is 4.30. The fourth-order valence-electron chi connectivity index (χ4n) is 2.14. The van der Waals surface area contributed by atoms with E-state index in [0.29, 0.717) is 10.0 Å². The Labute approximate surface area is 106 Å². The fourth-order valence-corrected chi connectivity index (χ4v) is 2.66. The fraction of sp³-hybridized carbons (Fsp3) is 0.455. The molecule has 2 rings (SSSR count). The second kappa shape index (κ2) is 4.92. The topological polar surface area (TPSA) is 26.0 Å². The van der Waals surface area contributed by atoms with Gasteiger partial charge in [0.05, 0.1) is 0 Å². The highest BCUT2D eigenvalue weighted by molar-refractivity contribution is 6.34. The van der Waals surface area contributed by atoms with Crippen LogP contribution in [0.2, 0.25) is 10.0 Å². The molecule has 4 heteroatoms. The van der Waals surface area contributed by atoms with Crippen LogP contribution in [0, 0.1) is 0 Å². The van der Waals surface area contributed by atoms with Crippen molar-refractivity contribution in [2.45, 2.75) is 31.2 Å². The molecular formula is C11H14Cl3N. The van der Waals surface area contributed by atoms with Gasteiger partial charge in [0, 0.05) is 15.6 Å². The van der Waals surface area contributed by atoms with Crippen LogP contribution < -0.4 is 5.73 Å². The Morgan fingerprint density at radius 3 is 1.93 bits per heavy atom. The van der Waals surface area contributed by atoms with Crippen LogP contribution in [0.1, 0.15) is 31.2 Å². The van der Waals surface area contributed by atoms with Crippen LogP contribution in [0.4, 0.5) is 0 Å². The third kappa shape index (κ3) is 2.79. The molecule has 0 atom stereocenters. The Balaban J connectivity index is 0.00000112. The molecule has 1 aromatic carbocycles. The predicted molar refractivity (Wildman–Crippen MR) is 68.0 cm³/mol. The molecule has 0 amide bonds. The highest BCUT2D eigenvalue weighted by atomic mass is 35.5. The maximum Gasteiger partial charge on any atom is 0.0424 e. The molecule has 1 nitrogen and oxygen atoms in total. The molecule has 1 aromatic rings. The molecule has 2 N–H and O–H groups in total. The second-order valence-corrected chi connectivity index (χ2v) is 4.89. The molecule has 0 bridgehead atoms. The monoisotopic (exact) mass is 265 g/mol. The van der Waals surface area contributed by atoms with Gasteiger partial charge in [0.1, 0.15) is 0 Å². The van der Waals surface area contributed by atoms with Crippen LogP contribution in [0.25, 0.3) is 0 Å². The van der Waals surface area contributed by atoms with E-state index in [2.05, 4.69) is 0 Å². The molecule has 1 fully saturated rings. The van der Waals surface area contributed by atoms with Crippen molar-refractivity contribution in [3.05, 3.63) is 33.8 Å². The summed E-state index contributed by atoms with van der Waals surface area (Å²) in [6.07, 6.45) is 4.45. The largest absolute Gasteiger partial charge is 0.321 e. The first-order chi connectivity index (χ1) is 6.60. The van der Waals surface area contributed by atoms with Crippen molar-refractivity contribution in [1.82, 2.24) is 0 Å². The van der Waals surface area contributed by atoms with Crippen molar-refractivity contribution in [3.8, 4) is 0 Å². The lowest BCUT2D eigenvalue weighted by Gasteiger charge is -2.24. The second-order valence-electron chi connectivity index (χ2n) is 4.02. The number of benzene rings is 1. The molecule has 1 saturated carbocycles. The molecule has 0 aliphatic heterocycles. The van der Waals surface area contributed by atoms with Gasteiger partial charge >= 0.3 is 0 Å². The van der Waals surface area contributed by atoms with Crippen LogP contribution in [0.3, 0.4) is 0 Å². The summed E-state index contributed by atoms with van der Waals surface area (Å²) in [4.78, 5) is 0. The van der Waals surface area contributed by atoms with Gasteiger partial charge in [0.2, 0.25) is 0 Å². The zero-order valence-electron chi connectivity index (χ0n) is 8.30. The molecule has 0 unspecified atom stereocenters. The molecular weight excluding hydrogens is 252 g/mol. The molecule has 0 spiro atoms. The van der Waals surface area contributed by atoms with E-state index in [9.17, 15) is 0 Å². The Morgan fingerprint density at radius 1 is 1.00 bits per heavy atom. The van der Waals surface area contributed by atoms with Crippen LogP contribution in [0.15, 0.2) is 18.2 Å². The molecule has 1 aliphatic carbocycles. The van der Waals surface area contributed by atoms with E-state index in [1.807, 2.05) is 12.1 Å². The van der Waals surface area contributed by atoms with Crippen molar-refractivity contribution in [1.29, 1.82) is 0 Å². The van der Waals surface area contributed by atoms with E-state index in [4.69, 9.17) is 28.9 Å². The minimum Gasteiger partial charge on any atom is -0.321 e. The summed E-state index contributed by atoms with van der Waals surface area (Å²) in [7, 11) is 0. The lowest BCUT2D eigenvalue weighted by molar-refractivity contribution is 0.462. The molecule has 0 saturated heterocycles. The SMILES string of the molecule is Cl.NC1(c2cc(Cl)cc(Cl)c2)CCCC1. The van der Waals surface area contributed by atoms with Crippen LogP contribution in [-0.4, -0.2) is 0 Å². The van der Waals surface area contributed by atoms with Gasteiger partial charge in [-0.3, -0.25) is 0 Å². The molecule has 84 valence electrons. The highest BCUT2D eigenvalue weighted by Gasteiger charge is 2.31. The van der Waals surface area contributed by atoms with Crippen molar-refractivity contribution < 1.29 is 0 Å². The quantitative estimate of drug-likeness (QED) is 0.812. The Bertz CT molecular complexity index is 325. The first-order valence-electron chi connectivity index (χ1n) is 4.86. The van der Waals surface area contributed by atoms with Gasteiger partial charge in [-0.05, 0) is 36.6 Å². The van der Waals surface area contributed by atoms with E-state index in [1.165, 1.54) is 12.8 Å². The number of hydrogen-bond donors (Lipinski definition) is 1. The first-order valence-corrected chi connectivity index (χ1v) is 5.61. The van der Waals surface area contributed by atoms with Crippen molar-refractivity contribution in [3.63, 3.8) is 0 Å². The minimum atomic E-state index is -0.200. The first kappa shape index (κ1) is 13.1. The third-order valence-electron chi connectivity index (χ3n) is 2.93.